The summed E-state index contributed by atoms with van der Waals surface area (Å²) in [7, 11) is 0. The highest BCUT2D eigenvalue weighted by Gasteiger charge is 2.18. The van der Waals surface area contributed by atoms with E-state index in [1.54, 1.807) is 10.8 Å². The van der Waals surface area contributed by atoms with Gasteiger partial charge in [0.05, 0.1) is 22.0 Å². The number of anilines is 1. The largest absolute Gasteiger partial charge is 0.324 e. The van der Waals surface area contributed by atoms with E-state index in [9.17, 15) is 14.0 Å². The van der Waals surface area contributed by atoms with Crippen LogP contribution in [0.4, 0.5) is 10.1 Å². The summed E-state index contributed by atoms with van der Waals surface area (Å²) in [6, 6.07) is 7.47. The smallest absolute Gasteiger partial charge is 0.272 e. The van der Waals surface area contributed by atoms with Gasteiger partial charge >= 0.3 is 0 Å². The Morgan fingerprint density at radius 2 is 2.19 bits per heavy atom. The fraction of sp³-hybridized carbons (Fsp3) is 0.238. The molecule has 0 saturated heterocycles. The number of hydrogen-bond acceptors (Lipinski definition) is 6. The van der Waals surface area contributed by atoms with Gasteiger partial charge in [0, 0.05) is 18.1 Å². The zero-order chi connectivity index (χ0) is 22.0. The maximum atomic E-state index is 13.2. The van der Waals surface area contributed by atoms with Gasteiger partial charge in [0.25, 0.3) is 5.56 Å². The van der Waals surface area contributed by atoms with Crippen LogP contribution in [0.25, 0.3) is 20.4 Å². The number of carbonyl (C=O) groups is 1. The van der Waals surface area contributed by atoms with E-state index in [0.29, 0.717) is 27.6 Å². The van der Waals surface area contributed by atoms with E-state index in [1.165, 1.54) is 35.2 Å². The maximum Gasteiger partial charge on any atom is 0.272 e. The molecule has 0 spiro atoms. The molecule has 0 bridgehead atoms. The minimum atomic E-state index is -0.479. The molecule has 6 nitrogen and oxygen atoms in total. The lowest BCUT2D eigenvalue weighted by atomic mass is 10.3. The molecule has 1 N–H and O–H groups in total. The third kappa shape index (κ3) is 4.58. The van der Waals surface area contributed by atoms with Crippen LogP contribution in [-0.4, -0.2) is 26.2 Å². The summed E-state index contributed by atoms with van der Waals surface area (Å²) < 4.78 is 15.4. The van der Waals surface area contributed by atoms with Crippen molar-refractivity contribution in [3.63, 3.8) is 0 Å². The normalized spacial score (nSPS) is 11.3. The van der Waals surface area contributed by atoms with Crippen molar-refractivity contribution in [2.45, 2.75) is 31.5 Å². The molecule has 160 valence electrons. The van der Waals surface area contributed by atoms with E-state index in [-0.39, 0.29) is 22.2 Å². The Hall–Kier alpha value is -2.49. The lowest BCUT2D eigenvalue weighted by molar-refractivity contribution is -0.113. The molecule has 10 heteroatoms. The van der Waals surface area contributed by atoms with Crippen molar-refractivity contribution in [2.24, 2.45) is 0 Å². The highest BCUT2D eigenvalue weighted by Crippen LogP contribution is 2.30. The number of nitrogens with one attached hydrogen (secondary N) is 1. The highest BCUT2D eigenvalue weighted by atomic mass is 35.5. The molecule has 1 amide bonds. The Kier molecular flexibility index (Phi) is 6.54. The second-order valence-electron chi connectivity index (χ2n) is 6.80. The number of aromatic nitrogens is 3. The van der Waals surface area contributed by atoms with Gasteiger partial charge in [0.2, 0.25) is 5.91 Å². The van der Waals surface area contributed by atoms with Crippen molar-refractivity contribution in [1.29, 1.82) is 0 Å². The van der Waals surface area contributed by atoms with Crippen LogP contribution < -0.4 is 10.9 Å². The molecule has 3 heterocycles. The summed E-state index contributed by atoms with van der Waals surface area (Å²) in [5.74, 6) is -0.781. The average Bonchev–Trinajstić information content (AvgIpc) is 3.13. The molecule has 0 radical (unpaired) electrons. The van der Waals surface area contributed by atoms with Crippen molar-refractivity contribution in [2.75, 3.05) is 11.1 Å². The van der Waals surface area contributed by atoms with Gasteiger partial charge in [-0.25, -0.2) is 14.4 Å². The van der Waals surface area contributed by atoms with Crippen LogP contribution in [0.15, 0.2) is 46.5 Å². The Labute approximate surface area is 190 Å². The zero-order valence-corrected chi connectivity index (χ0v) is 18.9. The fourth-order valence-electron chi connectivity index (χ4n) is 3.07. The van der Waals surface area contributed by atoms with E-state index in [2.05, 4.69) is 10.3 Å². The Bertz CT molecular complexity index is 1340. The standard InChI is InChI=1S/C21H18ClFN4O2S2/c1-2-3-9-27-20(29)18-17(13-5-4-8-24-19(13)31-18)26-21(27)30-11-16(28)25-15-7-6-12(23)10-14(15)22/h4-8,10H,2-3,9,11H2,1H3,(H,25,28). The zero-order valence-electron chi connectivity index (χ0n) is 16.5. The van der Waals surface area contributed by atoms with Crippen LogP contribution >= 0.6 is 34.7 Å². The third-order valence-electron chi connectivity index (χ3n) is 4.59. The van der Waals surface area contributed by atoms with Crippen molar-refractivity contribution >= 4 is 66.7 Å². The summed E-state index contributed by atoms with van der Waals surface area (Å²) in [6.45, 7) is 2.57. The van der Waals surface area contributed by atoms with Crippen molar-refractivity contribution in [1.82, 2.24) is 14.5 Å². The van der Waals surface area contributed by atoms with E-state index < -0.39 is 5.82 Å². The summed E-state index contributed by atoms with van der Waals surface area (Å²) >= 11 is 8.49. The number of benzene rings is 1. The van der Waals surface area contributed by atoms with Gasteiger partial charge in [-0.15, -0.1) is 11.3 Å². The highest BCUT2D eigenvalue weighted by molar-refractivity contribution is 7.99. The number of fused-ring (bicyclic) bond motifs is 3. The van der Waals surface area contributed by atoms with E-state index in [1.807, 2.05) is 19.1 Å². The van der Waals surface area contributed by atoms with E-state index in [4.69, 9.17) is 16.6 Å². The summed E-state index contributed by atoms with van der Waals surface area (Å²) in [6.07, 6.45) is 3.43. The van der Waals surface area contributed by atoms with Crippen molar-refractivity contribution in [3.05, 3.63) is 57.7 Å². The number of thioether (sulfide) groups is 1. The van der Waals surface area contributed by atoms with Crippen LogP contribution in [0.5, 0.6) is 0 Å². The molecule has 4 rings (SSSR count). The number of nitrogens with zero attached hydrogens (tertiary/aromatic N) is 3. The first-order chi connectivity index (χ1) is 15.0. The number of unbranched alkanes of at least 4 members (excludes halogenated alkanes) is 1. The fourth-order valence-corrected chi connectivity index (χ4v) is 5.14. The van der Waals surface area contributed by atoms with Crippen LogP contribution in [-0.2, 0) is 11.3 Å². The predicted molar refractivity (Wildman–Crippen MR) is 125 cm³/mol. The van der Waals surface area contributed by atoms with Gasteiger partial charge in [-0.2, -0.15) is 0 Å². The first-order valence-electron chi connectivity index (χ1n) is 9.63. The molecule has 0 aliphatic rings. The summed E-state index contributed by atoms with van der Waals surface area (Å²) in [5.41, 5.74) is 0.816. The van der Waals surface area contributed by atoms with Crippen LogP contribution in [0.2, 0.25) is 5.02 Å². The van der Waals surface area contributed by atoms with Gasteiger partial charge in [-0.3, -0.25) is 14.2 Å². The number of carbonyl (C=O) groups excluding carboxylic acids is 1. The van der Waals surface area contributed by atoms with E-state index >= 15 is 0 Å². The molecule has 0 aliphatic heterocycles. The number of pyridine rings is 1. The number of rotatable bonds is 7. The molecule has 0 aliphatic carbocycles. The van der Waals surface area contributed by atoms with E-state index in [0.717, 1.165) is 29.1 Å². The average molecular weight is 477 g/mol. The quantitative estimate of drug-likeness (QED) is 0.288. The molecular weight excluding hydrogens is 459 g/mol. The van der Waals surface area contributed by atoms with Gasteiger partial charge < -0.3 is 5.32 Å². The SMILES string of the molecule is CCCCn1c(SCC(=O)Nc2ccc(F)cc2Cl)nc2c(sc3ncccc32)c1=O. The minimum absolute atomic E-state index is 0.0259. The molecule has 31 heavy (non-hydrogen) atoms. The molecule has 4 aromatic rings. The summed E-state index contributed by atoms with van der Waals surface area (Å²) in [5, 5.41) is 4.09. The van der Waals surface area contributed by atoms with Crippen LogP contribution in [0, 0.1) is 5.82 Å². The van der Waals surface area contributed by atoms with Gasteiger partial charge in [-0.1, -0.05) is 36.7 Å². The van der Waals surface area contributed by atoms with Gasteiger partial charge in [0.15, 0.2) is 5.16 Å². The third-order valence-corrected chi connectivity index (χ3v) is 6.97. The van der Waals surface area contributed by atoms with Crippen molar-refractivity contribution in [3.8, 4) is 0 Å². The second-order valence-corrected chi connectivity index (χ2v) is 9.15. The van der Waals surface area contributed by atoms with Gasteiger partial charge in [0.1, 0.15) is 15.3 Å². The monoisotopic (exact) mass is 476 g/mol. The predicted octanol–water partition coefficient (Wildman–Crippen LogP) is 5.33. The lowest BCUT2D eigenvalue weighted by Gasteiger charge is -2.12. The first kappa shape index (κ1) is 21.7. The molecule has 0 unspecified atom stereocenters. The first-order valence-corrected chi connectivity index (χ1v) is 11.8. The Balaban J connectivity index is 1.64. The number of amides is 1. The number of hydrogen-bond donors (Lipinski definition) is 1. The summed E-state index contributed by atoms with van der Waals surface area (Å²) in [4.78, 5) is 35.4. The Morgan fingerprint density at radius 1 is 1.35 bits per heavy atom. The van der Waals surface area contributed by atoms with Gasteiger partial charge in [-0.05, 0) is 36.8 Å². The number of thiophene rings is 1. The molecule has 1 aromatic carbocycles. The Morgan fingerprint density at radius 3 is 2.97 bits per heavy atom. The molecule has 0 saturated carbocycles. The van der Waals surface area contributed by atoms with Crippen LogP contribution in [0.3, 0.4) is 0 Å². The molecule has 3 aromatic heterocycles. The topological polar surface area (TPSA) is 76.9 Å². The molecule has 0 fully saturated rings. The number of halogens is 2. The molecular formula is C21H18ClFN4O2S2. The molecule has 0 atom stereocenters. The minimum Gasteiger partial charge on any atom is -0.324 e. The van der Waals surface area contributed by atoms with Crippen LogP contribution in [0.1, 0.15) is 19.8 Å². The second kappa shape index (κ2) is 9.33. The maximum absolute atomic E-state index is 13.2. The van der Waals surface area contributed by atoms with Crippen molar-refractivity contribution < 1.29 is 9.18 Å². The lowest BCUT2D eigenvalue weighted by Crippen LogP contribution is -2.23.